The number of hydrogen-bond acceptors (Lipinski definition) is 5. The first-order valence-corrected chi connectivity index (χ1v) is 9.37. The zero-order valence-electron chi connectivity index (χ0n) is 16.0. The minimum absolute atomic E-state index is 0.0426. The van der Waals surface area contributed by atoms with Gasteiger partial charge in [-0.3, -0.25) is 9.59 Å². The SMILES string of the molecule is CN1C(=O)[C@@H](NC(=O)c2nnc(CCc3ccccc3)[nH]2)COc2ccccc21. The largest absolute Gasteiger partial charge is 0.489 e. The number of likely N-dealkylation sites (N-methyl/N-ethyl adjacent to an activating group) is 1. The number of benzene rings is 2. The Balaban J connectivity index is 1.39. The van der Waals surface area contributed by atoms with Gasteiger partial charge in [-0.15, -0.1) is 10.2 Å². The highest BCUT2D eigenvalue weighted by molar-refractivity contribution is 6.02. The van der Waals surface area contributed by atoms with Crippen molar-refractivity contribution in [3.05, 3.63) is 71.8 Å². The van der Waals surface area contributed by atoms with Crippen LogP contribution in [-0.4, -0.2) is 46.7 Å². The van der Waals surface area contributed by atoms with Crippen molar-refractivity contribution in [2.75, 3.05) is 18.6 Å². The van der Waals surface area contributed by atoms with Crippen LogP contribution in [-0.2, 0) is 17.6 Å². The molecule has 1 aliphatic heterocycles. The number of nitrogens with one attached hydrogen (secondary N) is 2. The maximum atomic E-state index is 12.7. The van der Waals surface area contributed by atoms with Crippen molar-refractivity contribution in [1.82, 2.24) is 20.5 Å². The van der Waals surface area contributed by atoms with E-state index in [1.807, 2.05) is 42.5 Å². The predicted molar refractivity (Wildman–Crippen MR) is 107 cm³/mol. The number of fused-ring (bicyclic) bond motifs is 1. The van der Waals surface area contributed by atoms with E-state index in [-0.39, 0.29) is 18.3 Å². The Bertz CT molecular complexity index is 1020. The zero-order valence-corrected chi connectivity index (χ0v) is 16.0. The van der Waals surface area contributed by atoms with E-state index >= 15 is 0 Å². The van der Waals surface area contributed by atoms with Crippen LogP contribution in [0.2, 0.25) is 0 Å². The molecule has 0 spiro atoms. The summed E-state index contributed by atoms with van der Waals surface area (Å²) in [6, 6.07) is 16.4. The molecule has 8 nitrogen and oxygen atoms in total. The van der Waals surface area contributed by atoms with Crippen LogP contribution in [0.3, 0.4) is 0 Å². The van der Waals surface area contributed by atoms with Gasteiger partial charge in [-0.2, -0.15) is 0 Å². The molecule has 0 saturated carbocycles. The van der Waals surface area contributed by atoms with Crippen molar-refractivity contribution in [3.8, 4) is 5.75 Å². The van der Waals surface area contributed by atoms with E-state index in [4.69, 9.17) is 4.74 Å². The summed E-state index contributed by atoms with van der Waals surface area (Å²) in [5, 5.41) is 10.6. The molecule has 2 aromatic carbocycles. The molecule has 1 atom stereocenters. The number of ether oxygens (including phenoxy) is 1. The summed E-state index contributed by atoms with van der Waals surface area (Å²) in [6.07, 6.45) is 1.42. The highest BCUT2D eigenvalue weighted by atomic mass is 16.5. The summed E-state index contributed by atoms with van der Waals surface area (Å²) in [6.45, 7) is 0.0426. The van der Waals surface area contributed by atoms with Crippen LogP contribution in [0, 0.1) is 0 Å². The van der Waals surface area contributed by atoms with Gasteiger partial charge in [0.25, 0.3) is 11.8 Å². The minimum atomic E-state index is -0.822. The van der Waals surface area contributed by atoms with Gasteiger partial charge in [0.1, 0.15) is 24.2 Å². The standard InChI is InChI=1S/C21H21N5O3/c1-26-16-9-5-6-10-17(16)29-13-15(21(26)28)22-20(27)19-23-18(24-25-19)12-11-14-7-3-2-4-8-14/h2-10,15H,11-13H2,1H3,(H,22,27)(H,23,24,25)/t15-/m0/s1. The summed E-state index contributed by atoms with van der Waals surface area (Å²) in [4.78, 5) is 29.7. The maximum Gasteiger partial charge on any atom is 0.289 e. The van der Waals surface area contributed by atoms with Gasteiger partial charge in [0.05, 0.1) is 5.69 Å². The predicted octanol–water partition coefficient (Wildman–Crippen LogP) is 1.74. The number of hydrogen-bond donors (Lipinski definition) is 2. The number of nitrogens with zero attached hydrogens (tertiary/aromatic N) is 3. The Hall–Kier alpha value is -3.68. The van der Waals surface area contributed by atoms with Crippen LogP contribution in [0.4, 0.5) is 5.69 Å². The first-order chi connectivity index (χ1) is 14.1. The van der Waals surface area contributed by atoms with E-state index in [1.165, 1.54) is 10.5 Å². The van der Waals surface area contributed by atoms with E-state index in [0.29, 0.717) is 23.7 Å². The number of H-pyrrole nitrogens is 1. The Kier molecular flexibility index (Phi) is 5.24. The van der Waals surface area contributed by atoms with Gasteiger partial charge in [-0.05, 0) is 24.1 Å². The second-order valence-corrected chi connectivity index (χ2v) is 6.81. The highest BCUT2D eigenvalue weighted by Gasteiger charge is 2.31. The molecule has 0 fully saturated rings. The molecule has 0 saturated heterocycles. The van der Waals surface area contributed by atoms with Crippen molar-refractivity contribution >= 4 is 17.5 Å². The molecule has 2 amide bonds. The first-order valence-electron chi connectivity index (χ1n) is 9.37. The van der Waals surface area contributed by atoms with Crippen LogP contribution >= 0.6 is 0 Å². The number of aromatic nitrogens is 3. The lowest BCUT2D eigenvalue weighted by Gasteiger charge is -2.19. The van der Waals surface area contributed by atoms with Crippen LogP contribution in [0.15, 0.2) is 54.6 Å². The molecule has 2 heterocycles. The summed E-state index contributed by atoms with van der Waals surface area (Å²) < 4.78 is 5.71. The molecule has 1 aliphatic rings. The molecule has 29 heavy (non-hydrogen) atoms. The fourth-order valence-electron chi connectivity index (χ4n) is 3.20. The third-order valence-corrected chi connectivity index (χ3v) is 4.81. The second kappa shape index (κ2) is 8.14. The fourth-order valence-corrected chi connectivity index (χ4v) is 3.20. The van der Waals surface area contributed by atoms with Crippen molar-refractivity contribution < 1.29 is 14.3 Å². The Morgan fingerprint density at radius 3 is 2.72 bits per heavy atom. The molecule has 8 heteroatoms. The van der Waals surface area contributed by atoms with Gasteiger partial charge >= 0.3 is 0 Å². The quantitative estimate of drug-likeness (QED) is 0.690. The van der Waals surface area contributed by atoms with Crippen LogP contribution in [0.5, 0.6) is 5.75 Å². The van der Waals surface area contributed by atoms with Crippen molar-refractivity contribution in [1.29, 1.82) is 0 Å². The summed E-state index contributed by atoms with van der Waals surface area (Å²) in [7, 11) is 1.66. The number of rotatable bonds is 5. The summed E-state index contributed by atoms with van der Waals surface area (Å²) in [5.41, 5.74) is 1.84. The normalized spacial score (nSPS) is 16.0. The molecular formula is C21H21N5O3. The summed E-state index contributed by atoms with van der Waals surface area (Å²) >= 11 is 0. The number of amides is 2. The second-order valence-electron chi connectivity index (χ2n) is 6.81. The monoisotopic (exact) mass is 391 g/mol. The van der Waals surface area contributed by atoms with Crippen LogP contribution in [0.1, 0.15) is 22.0 Å². The van der Waals surface area contributed by atoms with Crippen LogP contribution in [0.25, 0.3) is 0 Å². The molecule has 4 rings (SSSR count). The van der Waals surface area contributed by atoms with Gasteiger partial charge in [0, 0.05) is 13.5 Å². The van der Waals surface area contributed by atoms with Crippen molar-refractivity contribution in [2.24, 2.45) is 0 Å². The Labute approximate surface area is 167 Å². The fraction of sp³-hybridized carbons (Fsp3) is 0.238. The Morgan fingerprint density at radius 1 is 1.14 bits per heavy atom. The molecule has 1 aromatic heterocycles. The number of aromatic amines is 1. The van der Waals surface area contributed by atoms with Gasteiger partial charge in [-0.25, -0.2) is 0 Å². The summed E-state index contributed by atoms with van der Waals surface area (Å²) in [5.74, 6) is 0.539. The smallest absolute Gasteiger partial charge is 0.289 e. The molecule has 148 valence electrons. The lowest BCUT2D eigenvalue weighted by atomic mass is 10.1. The average Bonchev–Trinajstić information content (AvgIpc) is 3.20. The third kappa shape index (κ3) is 4.11. The number of carbonyl (C=O) groups excluding carboxylic acids is 2. The van der Waals surface area contributed by atoms with Gasteiger partial charge < -0.3 is 19.9 Å². The molecule has 2 N–H and O–H groups in total. The van der Waals surface area contributed by atoms with Crippen LogP contribution < -0.4 is 15.0 Å². The molecular weight excluding hydrogens is 370 g/mol. The molecule has 3 aromatic rings. The lowest BCUT2D eigenvalue weighted by Crippen LogP contribution is -2.49. The molecule has 0 aliphatic carbocycles. The number of para-hydroxylation sites is 2. The first kappa shape index (κ1) is 18.7. The lowest BCUT2D eigenvalue weighted by molar-refractivity contribution is -0.120. The van der Waals surface area contributed by atoms with Crippen molar-refractivity contribution in [3.63, 3.8) is 0 Å². The molecule has 0 unspecified atom stereocenters. The van der Waals surface area contributed by atoms with E-state index in [9.17, 15) is 9.59 Å². The topological polar surface area (TPSA) is 100 Å². The van der Waals surface area contributed by atoms with Gasteiger partial charge in [0.15, 0.2) is 0 Å². The number of anilines is 1. The van der Waals surface area contributed by atoms with Crippen molar-refractivity contribution in [2.45, 2.75) is 18.9 Å². The highest BCUT2D eigenvalue weighted by Crippen LogP contribution is 2.29. The maximum absolute atomic E-state index is 12.7. The van der Waals surface area contributed by atoms with E-state index in [0.717, 1.165) is 6.42 Å². The van der Waals surface area contributed by atoms with Gasteiger partial charge in [0.2, 0.25) is 5.82 Å². The zero-order chi connectivity index (χ0) is 20.2. The van der Waals surface area contributed by atoms with E-state index < -0.39 is 11.9 Å². The number of carbonyl (C=O) groups is 2. The minimum Gasteiger partial charge on any atom is -0.489 e. The molecule has 0 bridgehead atoms. The average molecular weight is 391 g/mol. The molecule has 0 radical (unpaired) electrons. The van der Waals surface area contributed by atoms with E-state index in [2.05, 4.69) is 20.5 Å². The number of aryl methyl sites for hydroxylation is 2. The third-order valence-electron chi connectivity index (χ3n) is 4.81. The van der Waals surface area contributed by atoms with E-state index in [1.54, 1.807) is 19.2 Å². The van der Waals surface area contributed by atoms with Gasteiger partial charge in [-0.1, -0.05) is 42.5 Å². The Morgan fingerprint density at radius 2 is 1.90 bits per heavy atom.